The molecule has 13 nitrogen and oxygen atoms in total. The van der Waals surface area contributed by atoms with Crippen LogP contribution in [0, 0.1) is 11.8 Å². The third-order valence-corrected chi connectivity index (χ3v) is 8.17. The fourth-order valence-electron chi connectivity index (χ4n) is 5.12. The molecule has 0 radical (unpaired) electrons. The molecule has 3 aliphatic rings. The number of aliphatic hydroxyl groups is 1. The van der Waals surface area contributed by atoms with Crippen molar-refractivity contribution >= 4 is 41.6 Å². The van der Waals surface area contributed by atoms with E-state index in [0.29, 0.717) is 11.3 Å². The molecule has 0 aromatic carbocycles. The van der Waals surface area contributed by atoms with Gasteiger partial charge in [-0.15, -0.1) is 11.8 Å². The maximum atomic E-state index is 13.0. The number of fused-ring (bicyclic) bond motifs is 1. The number of hydrogen-bond acceptors (Lipinski definition) is 10. The van der Waals surface area contributed by atoms with E-state index in [4.69, 9.17) is 15.2 Å². The number of esters is 1. The van der Waals surface area contributed by atoms with Crippen LogP contribution in [-0.2, 0) is 19.1 Å². The number of thioether (sulfide) groups is 1. The largest absolute Gasteiger partial charge is 0.457 e. The van der Waals surface area contributed by atoms with Gasteiger partial charge in [0.25, 0.3) is 0 Å². The molecule has 0 saturated carbocycles. The van der Waals surface area contributed by atoms with Crippen LogP contribution in [0.15, 0.2) is 41.1 Å². The zero-order chi connectivity index (χ0) is 28.1. The van der Waals surface area contributed by atoms with Crippen LogP contribution in [-0.4, -0.2) is 93.1 Å². The van der Waals surface area contributed by atoms with E-state index in [2.05, 4.69) is 23.6 Å². The van der Waals surface area contributed by atoms with Gasteiger partial charge < -0.3 is 35.3 Å². The number of nitrogens with two attached hydrogens (primary N) is 1. The fourth-order valence-corrected chi connectivity index (χ4v) is 6.68. The predicted molar refractivity (Wildman–Crippen MR) is 138 cm³/mol. The molecule has 38 heavy (non-hydrogen) atoms. The molecule has 0 spiro atoms. The molecule has 0 aromatic rings. The minimum absolute atomic E-state index is 0.0126. The van der Waals surface area contributed by atoms with Crippen LogP contribution in [0.25, 0.3) is 0 Å². The molecule has 5 N–H and O–H groups in total. The normalized spacial score (nSPS) is 27.4. The number of urea groups is 1. The molecule has 3 aliphatic heterocycles. The van der Waals surface area contributed by atoms with Crippen LogP contribution in [0.1, 0.15) is 26.7 Å². The predicted octanol–water partition coefficient (Wildman–Crippen LogP) is 1.13. The summed E-state index contributed by atoms with van der Waals surface area (Å²) in [6.07, 6.45) is 1.71. The van der Waals surface area contributed by atoms with Crippen molar-refractivity contribution in [1.82, 2.24) is 15.1 Å². The Kier molecular flexibility index (Phi) is 9.44. The number of nitrogens with zero attached hydrogens (tertiary/aromatic N) is 3. The Morgan fingerprint density at radius 2 is 1.95 bits per heavy atom. The summed E-state index contributed by atoms with van der Waals surface area (Å²) >= 11 is 1.35. The summed E-state index contributed by atoms with van der Waals surface area (Å²) in [5, 5.41) is 24.5. The number of likely N-dealkylation sites (tertiary alicyclic amines) is 1. The molecule has 0 unspecified atom stereocenters. The number of ether oxygens (including phenoxy) is 2. The molecule has 0 aliphatic carbocycles. The Morgan fingerprint density at radius 1 is 1.29 bits per heavy atom. The fraction of sp³-hybridized carbons (Fsp3) is 0.542. The highest BCUT2D eigenvalue weighted by molar-refractivity contribution is 8.03. The molecule has 2 saturated heterocycles. The Hall–Kier alpha value is -3.52. The van der Waals surface area contributed by atoms with Gasteiger partial charge in [-0.2, -0.15) is 0 Å². The van der Waals surface area contributed by atoms with Crippen LogP contribution in [0.2, 0.25) is 0 Å². The van der Waals surface area contributed by atoms with Crippen molar-refractivity contribution in [3.05, 3.63) is 35.9 Å². The first-order valence-corrected chi connectivity index (χ1v) is 12.9. The smallest absolute Gasteiger partial charge is 0.410 e. The first-order chi connectivity index (χ1) is 18.0. The maximum absolute atomic E-state index is 13.0. The van der Waals surface area contributed by atoms with Crippen LogP contribution >= 0.6 is 11.8 Å². The van der Waals surface area contributed by atoms with E-state index in [0.717, 1.165) is 0 Å². The number of amides is 4. The number of oxime groups is 1. The highest BCUT2D eigenvalue weighted by atomic mass is 32.2. The number of nitrogens with one attached hydrogen (secondary N) is 1. The third-order valence-electron chi connectivity index (χ3n) is 6.68. The van der Waals surface area contributed by atoms with E-state index in [-0.39, 0.29) is 54.8 Å². The monoisotopic (exact) mass is 551 g/mol. The van der Waals surface area contributed by atoms with Crippen molar-refractivity contribution in [2.45, 2.75) is 50.1 Å². The zero-order valence-corrected chi connectivity index (χ0v) is 22.1. The van der Waals surface area contributed by atoms with Gasteiger partial charge in [0, 0.05) is 35.1 Å². The lowest BCUT2D eigenvalue weighted by Gasteiger charge is -2.46. The average Bonchev–Trinajstić information content (AvgIpc) is 3.36. The molecule has 4 amide bonds. The zero-order valence-electron chi connectivity index (χ0n) is 21.2. The lowest BCUT2D eigenvalue weighted by Crippen LogP contribution is -2.63. The summed E-state index contributed by atoms with van der Waals surface area (Å²) in [7, 11) is 0. The van der Waals surface area contributed by atoms with E-state index in [1.165, 1.54) is 33.7 Å². The lowest BCUT2D eigenvalue weighted by molar-refractivity contribution is -0.164. The summed E-state index contributed by atoms with van der Waals surface area (Å²) in [6.45, 7) is 10.7. The van der Waals surface area contributed by atoms with Gasteiger partial charge >= 0.3 is 18.1 Å². The number of β-lactam (4-membered cyclic amide) rings is 1. The summed E-state index contributed by atoms with van der Waals surface area (Å²) in [6, 6.07) is -1.84. The first kappa shape index (κ1) is 29.0. The van der Waals surface area contributed by atoms with Crippen LogP contribution in [0.4, 0.5) is 9.59 Å². The topological polar surface area (TPSA) is 184 Å². The van der Waals surface area contributed by atoms with E-state index in [9.17, 15) is 29.5 Å². The summed E-state index contributed by atoms with van der Waals surface area (Å²) in [5.41, 5.74) is 5.27. The minimum atomic E-state index is -0.919. The van der Waals surface area contributed by atoms with Crippen LogP contribution < -0.4 is 11.1 Å². The SMILES string of the molecule is C=CCOC(=O)C1=C(S[C@H]2C[C@@H](C/C(=N/O)NC(N)=O)N(C(=O)OCC=C)C2)[C@H](C)[C@@H]2[C@H]([C@@H](C)O)C(=O)N12. The lowest BCUT2D eigenvalue weighted by atomic mass is 9.79. The van der Waals surface area contributed by atoms with Crippen molar-refractivity contribution in [2.75, 3.05) is 19.8 Å². The van der Waals surface area contributed by atoms with Crippen molar-refractivity contribution in [3.8, 4) is 0 Å². The van der Waals surface area contributed by atoms with Crippen molar-refractivity contribution in [3.63, 3.8) is 0 Å². The van der Waals surface area contributed by atoms with Gasteiger partial charge in [0.05, 0.1) is 18.1 Å². The van der Waals surface area contributed by atoms with Crippen LogP contribution in [0.5, 0.6) is 0 Å². The number of carbonyl (C=O) groups excluding carboxylic acids is 4. The average molecular weight is 552 g/mol. The van der Waals surface area contributed by atoms with Gasteiger partial charge in [-0.05, 0) is 13.3 Å². The van der Waals surface area contributed by atoms with Gasteiger partial charge in [-0.1, -0.05) is 37.4 Å². The number of aliphatic hydroxyl groups excluding tert-OH is 1. The van der Waals surface area contributed by atoms with Gasteiger partial charge in [-0.25, -0.2) is 14.4 Å². The molecule has 2 fully saturated rings. The van der Waals surface area contributed by atoms with Crippen molar-refractivity contribution < 1.29 is 39.0 Å². The maximum Gasteiger partial charge on any atom is 0.410 e. The number of rotatable bonds is 10. The minimum Gasteiger partial charge on any atom is -0.457 e. The quantitative estimate of drug-likeness (QED) is 0.0588. The van der Waals surface area contributed by atoms with Gasteiger partial charge in [0.1, 0.15) is 18.9 Å². The highest BCUT2D eigenvalue weighted by Gasteiger charge is 2.60. The number of primary amides is 1. The molecular formula is C24H33N5O8S. The second-order valence-corrected chi connectivity index (χ2v) is 10.6. The summed E-state index contributed by atoms with van der Waals surface area (Å²) in [5.74, 6) is -2.05. The summed E-state index contributed by atoms with van der Waals surface area (Å²) in [4.78, 5) is 53.4. The molecule has 0 bridgehead atoms. The molecule has 208 valence electrons. The summed E-state index contributed by atoms with van der Waals surface area (Å²) < 4.78 is 10.5. The van der Waals surface area contributed by atoms with Gasteiger partial charge in [-0.3, -0.25) is 10.1 Å². The van der Waals surface area contributed by atoms with E-state index in [1.807, 2.05) is 6.92 Å². The molecule has 0 aromatic heterocycles. The second-order valence-electron chi connectivity index (χ2n) is 9.24. The molecule has 3 rings (SSSR count). The number of amidine groups is 1. The highest BCUT2D eigenvalue weighted by Crippen LogP contribution is 2.52. The van der Waals surface area contributed by atoms with E-state index < -0.39 is 42.2 Å². The third kappa shape index (κ3) is 5.80. The van der Waals surface area contributed by atoms with Crippen LogP contribution in [0.3, 0.4) is 0 Å². The van der Waals surface area contributed by atoms with E-state index >= 15 is 0 Å². The van der Waals surface area contributed by atoms with Crippen molar-refractivity contribution in [1.29, 1.82) is 0 Å². The molecular weight excluding hydrogens is 518 g/mol. The standard InChI is InChI=1S/C24H33N5O8S/c1-5-7-36-22(32)19-20(12(3)18-17(13(4)30)21(31)29(18)19)38-15-9-14(10-16(27-35)26-23(25)33)28(11-15)24(34)37-8-6-2/h5-6,12-15,17-18,30,35H,1-2,7-11H2,3-4H3,(H3,25,26,27,33)/t12-,13-,14+,15+,17+,18-/m1/s1. The second kappa shape index (κ2) is 12.3. The number of hydrogen-bond donors (Lipinski definition) is 4. The molecule has 14 heteroatoms. The molecule has 6 atom stereocenters. The Labute approximate surface area is 224 Å². The van der Waals surface area contributed by atoms with Crippen molar-refractivity contribution in [2.24, 2.45) is 22.7 Å². The first-order valence-electron chi connectivity index (χ1n) is 12.1. The van der Waals surface area contributed by atoms with Gasteiger partial charge in [0.2, 0.25) is 5.91 Å². The Morgan fingerprint density at radius 3 is 2.53 bits per heavy atom. The van der Waals surface area contributed by atoms with Gasteiger partial charge in [0.15, 0.2) is 5.84 Å². The Balaban J connectivity index is 1.88. The Bertz CT molecular complexity index is 1060. The number of carbonyl (C=O) groups is 4. The van der Waals surface area contributed by atoms with E-state index in [1.54, 1.807) is 6.92 Å². The molecule has 3 heterocycles.